The second-order valence-electron chi connectivity index (χ2n) is 4.25. The van der Waals surface area contributed by atoms with E-state index in [0.29, 0.717) is 13.0 Å². The molecule has 0 bridgehead atoms. The van der Waals surface area contributed by atoms with Crippen LogP contribution in [0.25, 0.3) is 0 Å². The van der Waals surface area contributed by atoms with Crippen molar-refractivity contribution in [2.45, 2.75) is 25.7 Å². The summed E-state index contributed by atoms with van der Waals surface area (Å²) >= 11 is 5.61. The van der Waals surface area contributed by atoms with E-state index in [4.69, 9.17) is 17.3 Å². The second-order valence-corrected chi connectivity index (χ2v) is 4.66. The van der Waals surface area contributed by atoms with Crippen LogP contribution >= 0.6 is 11.6 Å². The third-order valence-corrected chi connectivity index (χ3v) is 2.90. The monoisotopic (exact) mass is 301 g/mol. The average molecular weight is 302 g/mol. The molecule has 0 aromatic heterocycles. The van der Waals surface area contributed by atoms with E-state index in [0.717, 1.165) is 12.8 Å². The van der Waals surface area contributed by atoms with E-state index in [1.54, 1.807) is 6.07 Å². The maximum atomic E-state index is 13.5. The van der Waals surface area contributed by atoms with Crippen LogP contribution in [0, 0.1) is 5.82 Å². The Balaban J connectivity index is 2.24. The Morgan fingerprint density at radius 1 is 1.25 bits per heavy atom. The average Bonchev–Trinajstić information content (AvgIpc) is 2.39. The van der Waals surface area contributed by atoms with E-state index in [-0.39, 0.29) is 23.0 Å². The molecule has 0 spiro atoms. The Labute approximate surface area is 121 Å². The van der Waals surface area contributed by atoms with Crippen LogP contribution in [-0.2, 0) is 4.79 Å². The smallest absolute Gasteiger partial charge is 0.312 e. The van der Waals surface area contributed by atoms with Crippen LogP contribution in [0.1, 0.15) is 25.7 Å². The first-order valence-electron chi connectivity index (χ1n) is 6.28. The zero-order chi connectivity index (χ0) is 15.0. The van der Waals surface area contributed by atoms with Crippen LogP contribution in [0.3, 0.4) is 0 Å². The second kappa shape index (κ2) is 8.37. The molecule has 5 nitrogen and oxygen atoms in total. The molecule has 3 amide bonds. The molecule has 0 aliphatic carbocycles. The number of carbonyl (C=O) groups is 2. The zero-order valence-corrected chi connectivity index (χ0v) is 11.7. The van der Waals surface area contributed by atoms with Gasteiger partial charge in [0.2, 0.25) is 5.91 Å². The highest BCUT2D eigenvalue weighted by molar-refractivity contribution is 6.31. The molecule has 0 aliphatic heterocycles. The highest BCUT2D eigenvalue weighted by Gasteiger charge is 2.09. The lowest BCUT2D eigenvalue weighted by Gasteiger charge is -2.07. The fourth-order valence-corrected chi connectivity index (χ4v) is 1.79. The van der Waals surface area contributed by atoms with Crippen molar-refractivity contribution < 1.29 is 14.0 Å². The molecule has 0 aliphatic rings. The minimum Gasteiger partial charge on any atom is -0.352 e. The van der Waals surface area contributed by atoms with Gasteiger partial charge in [0, 0.05) is 13.0 Å². The quantitative estimate of drug-likeness (QED) is 0.676. The summed E-state index contributed by atoms with van der Waals surface area (Å²) in [6.07, 6.45) is 2.43. The van der Waals surface area contributed by atoms with Gasteiger partial charge in [0.25, 0.3) is 0 Å². The van der Waals surface area contributed by atoms with Crippen LogP contribution in [0.2, 0.25) is 5.02 Å². The summed E-state index contributed by atoms with van der Waals surface area (Å²) in [6, 6.07) is 3.88. The van der Waals surface area contributed by atoms with E-state index >= 15 is 0 Å². The SMILES string of the molecule is NC(=O)NCCCCCC(=O)Nc1cccc(Cl)c1F. The van der Waals surface area contributed by atoms with E-state index in [1.165, 1.54) is 12.1 Å². The van der Waals surface area contributed by atoms with Gasteiger partial charge in [0.1, 0.15) is 0 Å². The number of hydrogen-bond acceptors (Lipinski definition) is 2. The fourth-order valence-electron chi connectivity index (χ4n) is 1.61. The van der Waals surface area contributed by atoms with E-state index in [9.17, 15) is 14.0 Å². The number of benzene rings is 1. The van der Waals surface area contributed by atoms with Crippen molar-refractivity contribution in [1.82, 2.24) is 5.32 Å². The van der Waals surface area contributed by atoms with Crippen LogP contribution in [0.15, 0.2) is 18.2 Å². The van der Waals surface area contributed by atoms with Gasteiger partial charge in [-0.25, -0.2) is 9.18 Å². The molecule has 1 aromatic rings. The molecule has 0 saturated carbocycles. The summed E-state index contributed by atoms with van der Waals surface area (Å²) in [7, 11) is 0. The zero-order valence-electron chi connectivity index (χ0n) is 10.9. The number of hydrogen-bond donors (Lipinski definition) is 3. The van der Waals surface area contributed by atoms with Crippen LogP contribution in [0.4, 0.5) is 14.9 Å². The maximum absolute atomic E-state index is 13.5. The van der Waals surface area contributed by atoms with Crippen LogP contribution in [-0.4, -0.2) is 18.5 Å². The van der Waals surface area contributed by atoms with Gasteiger partial charge in [-0.1, -0.05) is 24.1 Å². The minimum absolute atomic E-state index is 0.0275. The molecule has 4 N–H and O–H groups in total. The lowest BCUT2D eigenvalue weighted by atomic mass is 10.2. The fraction of sp³-hybridized carbons (Fsp3) is 0.385. The predicted molar refractivity (Wildman–Crippen MR) is 76.1 cm³/mol. The summed E-state index contributed by atoms with van der Waals surface area (Å²) in [5.74, 6) is -0.901. The Morgan fingerprint density at radius 3 is 2.70 bits per heavy atom. The number of nitrogens with two attached hydrogens (primary N) is 1. The highest BCUT2D eigenvalue weighted by Crippen LogP contribution is 2.22. The van der Waals surface area contributed by atoms with Gasteiger partial charge in [-0.3, -0.25) is 4.79 Å². The Morgan fingerprint density at radius 2 is 2.00 bits per heavy atom. The van der Waals surface area contributed by atoms with Crippen molar-refractivity contribution in [3.05, 3.63) is 29.0 Å². The number of amides is 3. The van der Waals surface area contributed by atoms with Gasteiger partial charge in [-0.15, -0.1) is 0 Å². The summed E-state index contributed by atoms with van der Waals surface area (Å²) in [6.45, 7) is 0.486. The van der Waals surface area contributed by atoms with Gasteiger partial charge >= 0.3 is 6.03 Å². The van der Waals surface area contributed by atoms with Gasteiger partial charge in [-0.05, 0) is 25.0 Å². The molecule has 1 rings (SSSR count). The molecule has 0 fully saturated rings. The first-order chi connectivity index (χ1) is 9.50. The number of anilines is 1. The summed E-state index contributed by atoms with van der Waals surface area (Å²) in [5, 5.41) is 4.91. The summed E-state index contributed by atoms with van der Waals surface area (Å²) < 4.78 is 13.5. The summed E-state index contributed by atoms with van der Waals surface area (Å²) in [5.41, 5.74) is 4.99. The standard InChI is InChI=1S/C13H17ClFN3O2/c14-9-5-4-6-10(12(9)15)18-11(19)7-2-1-3-8-17-13(16)20/h4-6H,1-3,7-8H2,(H,18,19)(H3,16,17,20). The molecule has 1 aromatic carbocycles. The maximum Gasteiger partial charge on any atom is 0.312 e. The van der Waals surface area contributed by atoms with Crippen molar-refractivity contribution in [2.24, 2.45) is 5.73 Å². The summed E-state index contributed by atoms with van der Waals surface area (Å²) in [4.78, 5) is 22.0. The van der Waals surface area contributed by atoms with E-state index in [2.05, 4.69) is 10.6 Å². The number of unbranched alkanes of at least 4 members (excludes halogenated alkanes) is 2. The highest BCUT2D eigenvalue weighted by atomic mass is 35.5. The molecule has 0 heterocycles. The molecular formula is C13H17ClFN3O2. The third kappa shape index (κ3) is 5.88. The normalized spacial score (nSPS) is 10.1. The van der Waals surface area contributed by atoms with Crippen molar-refractivity contribution in [2.75, 3.05) is 11.9 Å². The Hall–Kier alpha value is -1.82. The van der Waals surface area contributed by atoms with E-state index < -0.39 is 11.8 Å². The van der Waals surface area contributed by atoms with Crippen molar-refractivity contribution in [1.29, 1.82) is 0 Å². The first kappa shape index (κ1) is 16.2. The van der Waals surface area contributed by atoms with Gasteiger partial charge in [0.15, 0.2) is 5.82 Å². The number of urea groups is 1. The minimum atomic E-state index is -0.631. The lowest BCUT2D eigenvalue weighted by Crippen LogP contribution is -2.29. The number of primary amides is 1. The third-order valence-electron chi connectivity index (χ3n) is 2.61. The molecule has 0 radical (unpaired) electrons. The van der Waals surface area contributed by atoms with Crippen molar-refractivity contribution in [3.8, 4) is 0 Å². The van der Waals surface area contributed by atoms with Crippen LogP contribution < -0.4 is 16.4 Å². The molecule has 7 heteroatoms. The van der Waals surface area contributed by atoms with Gasteiger partial charge in [-0.2, -0.15) is 0 Å². The Kier molecular flexibility index (Phi) is 6.79. The molecule has 110 valence electrons. The van der Waals surface area contributed by atoms with Crippen molar-refractivity contribution in [3.63, 3.8) is 0 Å². The van der Waals surface area contributed by atoms with Gasteiger partial charge < -0.3 is 16.4 Å². The van der Waals surface area contributed by atoms with Crippen LogP contribution in [0.5, 0.6) is 0 Å². The molecule has 0 atom stereocenters. The van der Waals surface area contributed by atoms with E-state index in [1.807, 2.05) is 0 Å². The predicted octanol–water partition coefficient (Wildman–Crippen LogP) is 2.65. The lowest BCUT2D eigenvalue weighted by molar-refractivity contribution is -0.116. The molecule has 0 unspecified atom stereocenters. The van der Waals surface area contributed by atoms with Gasteiger partial charge in [0.05, 0.1) is 10.7 Å². The largest absolute Gasteiger partial charge is 0.352 e. The number of carbonyl (C=O) groups excluding carboxylic acids is 2. The molecular weight excluding hydrogens is 285 g/mol. The Bertz CT molecular complexity index is 483. The molecule has 0 saturated heterocycles. The van der Waals surface area contributed by atoms with Crippen molar-refractivity contribution >= 4 is 29.2 Å². The number of nitrogens with one attached hydrogen (secondary N) is 2. The topological polar surface area (TPSA) is 84.2 Å². The number of rotatable bonds is 7. The first-order valence-corrected chi connectivity index (χ1v) is 6.65. The molecule has 20 heavy (non-hydrogen) atoms. The number of halogens is 2.